The Morgan fingerprint density at radius 2 is 2.14 bits per heavy atom. The van der Waals surface area contributed by atoms with Crippen LogP contribution in [0.3, 0.4) is 0 Å². The number of halogens is 1. The molecule has 6 nitrogen and oxygen atoms in total. The molecule has 1 unspecified atom stereocenters. The molecule has 0 fully saturated rings. The first-order valence-electron chi connectivity index (χ1n) is 9.74. The van der Waals surface area contributed by atoms with Gasteiger partial charge in [0.25, 0.3) is 0 Å². The highest BCUT2D eigenvalue weighted by Crippen LogP contribution is 2.38. The van der Waals surface area contributed by atoms with Crippen LogP contribution in [0.1, 0.15) is 66.0 Å². The molecule has 28 heavy (non-hydrogen) atoms. The van der Waals surface area contributed by atoms with Crippen molar-refractivity contribution in [2.45, 2.75) is 71.9 Å². The van der Waals surface area contributed by atoms with Crippen molar-refractivity contribution >= 4 is 39.8 Å². The fraction of sp³-hybridized carbons (Fsp3) is 0.550. The Kier molecular flexibility index (Phi) is 6.78. The fourth-order valence-electron chi connectivity index (χ4n) is 3.21. The number of aryl methyl sites for hydroxylation is 3. The van der Waals surface area contributed by atoms with Crippen molar-refractivity contribution in [2.24, 2.45) is 0 Å². The minimum Gasteiger partial charge on any atom is -0.459 e. The first kappa shape index (κ1) is 20.9. The maximum Gasteiger partial charge on any atom is 0.341 e. The van der Waals surface area contributed by atoms with Crippen molar-refractivity contribution in [1.82, 2.24) is 9.78 Å². The molecule has 0 bridgehead atoms. The molecule has 0 aromatic carbocycles. The smallest absolute Gasteiger partial charge is 0.341 e. The van der Waals surface area contributed by atoms with Crippen LogP contribution < -0.4 is 5.32 Å². The van der Waals surface area contributed by atoms with Gasteiger partial charge in [-0.15, -0.1) is 11.3 Å². The summed E-state index contributed by atoms with van der Waals surface area (Å²) in [7, 11) is 0. The minimum atomic E-state index is -0.335. The highest BCUT2D eigenvalue weighted by Gasteiger charge is 2.28. The highest BCUT2D eigenvalue weighted by molar-refractivity contribution is 7.17. The van der Waals surface area contributed by atoms with Crippen LogP contribution in [0.15, 0.2) is 6.20 Å². The molecule has 2 aromatic heterocycles. The Hall–Kier alpha value is -1.86. The average Bonchev–Trinajstić information content (AvgIpc) is 3.19. The zero-order chi connectivity index (χ0) is 20.3. The normalized spacial score (nSPS) is 14.4. The summed E-state index contributed by atoms with van der Waals surface area (Å²) in [5.74, 6) is -0.487. The van der Waals surface area contributed by atoms with Gasteiger partial charge >= 0.3 is 5.97 Å². The van der Waals surface area contributed by atoms with Crippen molar-refractivity contribution in [3.05, 3.63) is 32.9 Å². The van der Waals surface area contributed by atoms with Gasteiger partial charge in [-0.2, -0.15) is 5.10 Å². The Morgan fingerprint density at radius 3 is 2.82 bits per heavy atom. The quantitative estimate of drug-likeness (QED) is 0.651. The summed E-state index contributed by atoms with van der Waals surface area (Å²) in [5.41, 5.74) is 2.34. The van der Waals surface area contributed by atoms with E-state index in [1.54, 1.807) is 10.9 Å². The molecular weight excluding hydrogens is 398 g/mol. The Balaban J connectivity index is 1.73. The maximum atomic E-state index is 12.8. The van der Waals surface area contributed by atoms with E-state index in [4.69, 9.17) is 16.3 Å². The van der Waals surface area contributed by atoms with E-state index in [1.807, 2.05) is 20.8 Å². The lowest BCUT2D eigenvalue weighted by Crippen LogP contribution is -2.19. The van der Waals surface area contributed by atoms with Gasteiger partial charge in [0.1, 0.15) is 5.00 Å². The third-order valence-electron chi connectivity index (χ3n) is 4.97. The van der Waals surface area contributed by atoms with E-state index >= 15 is 0 Å². The lowest BCUT2D eigenvalue weighted by Gasteiger charge is -2.15. The van der Waals surface area contributed by atoms with E-state index in [9.17, 15) is 9.59 Å². The van der Waals surface area contributed by atoms with Gasteiger partial charge in [0.05, 0.1) is 22.4 Å². The SMILES string of the molecule is CCC(C)OC(=O)c1c(NC(=O)CCn2cc(Cl)c(C)n2)sc2c1CCCC2. The van der Waals surface area contributed by atoms with Crippen LogP contribution in [0.5, 0.6) is 0 Å². The molecule has 2 aromatic rings. The predicted octanol–water partition coefficient (Wildman–Crippen LogP) is 4.77. The molecule has 0 saturated heterocycles. The summed E-state index contributed by atoms with van der Waals surface area (Å²) in [4.78, 5) is 26.5. The van der Waals surface area contributed by atoms with Crippen LogP contribution in [-0.4, -0.2) is 27.8 Å². The molecule has 8 heteroatoms. The zero-order valence-electron chi connectivity index (χ0n) is 16.5. The summed E-state index contributed by atoms with van der Waals surface area (Å²) < 4.78 is 7.23. The molecule has 1 amide bonds. The van der Waals surface area contributed by atoms with Crippen LogP contribution in [0.25, 0.3) is 0 Å². The second-order valence-corrected chi connectivity index (χ2v) is 8.68. The van der Waals surface area contributed by atoms with Gasteiger partial charge in [-0.25, -0.2) is 4.79 Å². The van der Waals surface area contributed by atoms with Crippen LogP contribution in [-0.2, 0) is 28.9 Å². The molecule has 2 heterocycles. The number of aromatic nitrogens is 2. The molecular formula is C20H26ClN3O3S. The lowest BCUT2D eigenvalue weighted by atomic mass is 9.95. The van der Waals surface area contributed by atoms with Gasteiger partial charge in [0.15, 0.2) is 0 Å². The summed E-state index contributed by atoms with van der Waals surface area (Å²) >= 11 is 7.51. The summed E-state index contributed by atoms with van der Waals surface area (Å²) in [5, 5.41) is 8.40. The van der Waals surface area contributed by atoms with Crippen molar-refractivity contribution in [3.8, 4) is 0 Å². The zero-order valence-corrected chi connectivity index (χ0v) is 18.1. The number of rotatable bonds is 7. The average molecular weight is 424 g/mol. The number of nitrogens with zero attached hydrogens (tertiary/aromatic N) is 2. The monoisotopic (exact) mass is 423 g/mol. The lowest BCUT2D eigenvalue weighted by molar-refractivity contribution is -0.116. The number of nitrogens with one attached hydrogen (secondary N) is 1. The van der Waals surface area contributed by atoms with E-state index in [0.717, 1.165) is 43.4 Å². The summed E-state index contributed by atoms with van der Waals surface area (Å²) in [6, 6.07) is 0. The van der Waals surface area contributed by atoms with Gasteiger partial charge < -0.3 is 10.1 Å². The van der Waals surface area contributed by atoms with E-state index in [2.05, 4.69) is 10.4 Å². The molecule has 0 aliphatic heterocycles. The largest absolute Gasteiger partial charge is 0.459 e. The third kappa shape index (κ3) is 4.75. The topological polar surface area (TPSA) is 73.2 Å². The first-order chi connectivity index (χ1) is 13.4. The van der Waals surface area contributed by atoms with Crippen LogP contribution >= 0.6 is 22.9 Å². The Bertz CT molecular complexity index is 855. The number of carbonyl (C=O) groups excluding carboxylic acids is 2. The number of thiophene rings is 1. The van der Waals surface area contributed by atoms with Crippen molar-refractivity contribution in [2.75, 3.05) is 5.32 Å². The number of ether oxygens (including phenoxy) is 1. The van der Waals surface area contributed by atoms with E-state index < -0.39 is 0 Å². The molecule has 0 saturated carbocycles. The van der Waals surface area contributed by atoms with Gasteiger partial charge in [-0.05, 0) is 51.5 Å². The second-order valence-electron chi connectivity index (χ2n) is 7.16. The molecule has 3 rings (SSSR count). The number of anilines is 1. The molecule has 0 radical (unpaired) electrons. The third-order valence-corrected chi connectivity index (χ3v) is 6.54. The van der Waals surface area contributed by atoms with Gasteiger partial charge in [-0.1, -0.05) is 18.5 Å². The van der Waals surface area contributed by atoms with Crippen molar-refractivity contribution in [3.63, 3.8) is 0 Å². The Labute approximate surface area is 174 Å². The van der Waals surface area contributed by atoms with Crippen LogP contribution in [0, 0.1) is 6.92 Å². The van der Waals surface area contributed by atoms with E-state index in [0.29, 0.717) is 22.1 Å². The van der Waals surface area contributed by atoms with E-state index in [1.165, 1.54) is 16.2 Å². The van der Waals surface area contributed by atoms with Crippen molar-refractivity contribution < 1.29 is 14.3 Å². The maximum absolute atomic E-state index is 12.8. The number of esters is 1. The van der Waals surface area contributed by atoms with E-state index in [-0.39, 0.29) is 24.4 Å². The number of hydrogen-bond donors (Lipinski definition) is 1. The number of fused-ring (bicyclic) bond motifs is 1. The first-order valence-corrected chi connectivity index (χ1v) is 10.9. The summed E-state index contributed by atoms with van der Waals surface area (Å²) in [6.45, 7) is 6.11. The predicted molar refractivity (Wildman–Crippen MR) is 111 cm³/mol. The standard InChI is InChI=1S/C20H26ClN3O3S/c1-4-12(2)27-20(26)18-14-7-5-6-8-16(14)28-19(18)22-17(25)9-10-24-11-15(21)13(3)23-24/h11-12H,4-10H2,1-3H3,(H,22,25). The van der Waals surface area contributed by atoms with Crippen LogP contribution in [0.2, 0.25) is 5.02 Å². The number of amides is 1. The Morgan fingerprint density at radius 1 is 1.39 bits per heavy atom. The second kappa shape index (κ2) is 9.09. The van der Waals surface area contributed by atoms with Crippen molar-refractivity contribution in [1.29, 1.82) is 0 Å². The van der Waals surface area contributed by atoms with Crippen LogP contribution in [0.4, 0.5) is 5.00 Å². The molecule has 1 aliphatic rings. The van der Waals surface area contributed by atoms with Gasteiger partial charge in [-0.3, -0.25) is 9.48 Å². The van der Waals surface area contributed by atoms with Gasteiger partial charge in [0.2, 0.25) is 5.91 Å². The molecule has 1 N–H and O–H groups in total. The summed E-state index contributed by atoms with van der Waals surface area (Å²) in [6.07, 6.45) is 6.54. The number of carbonyl (C=O) groups is 2. The number of hydrogen-bond acceptors (Lipinski definition) is 5. The minimum absolute atomic E-state index is 0.150. The molecule has 152 valence electrons. The fourth-order valence-corrected chi connectivity index (χ4v) is 4.65. The van der Waals surface area contributed by atoms with Gasteiger partial charge in [0, 0.05) is 24.0 Å². The highest BCUT2D eigenvalue weighted by atomic mass is 35.5. The molecule has 1 atom stereocenters. The molecule has 1 aliphatic carbocycles. The molecule has 0 spiro atoms.